The van der Waals surface area contributed by atoms with Crippen molar-refractivity contribution in [3.63, 3.8) is 0 Å². The molecule has 0 bridgehead atoms. The van der Waals surface area contributed by atoms with E-state index in [9.17, 15) is 4.39 Å². The number of halogens is 1. The molecule has 0 aliphatic heterocycles. The summed E-state index contributed by atoms with van der Waals surface area (Å²) < 4.78 is 13.6. The van der Waals surface area contributed by atoms with Crippen LogP contribution in [-0.2, 0) is 0 Å². The fraction of sp³-hybridized carbons (Fsp3) is 0.167. The summed E-state index contributed by atoms with van der Waals surface area (Å²) in [5.41, 5.74) is 4.00. The quantitative estimate of drug-likeness (QED) is 0.784. The van der Waals surface area contributed by atoms with E-state index in [1.165, 1.54) is 6.07 Å². The molecular weight excluding hydrogens is 263 g/mol. The van der Waals surface area contributed by atoms with E-state index in [0.29, 0.717) is 0 Å². The lowest BCUT2D eigenvalue weighted by Gasteiger charge is -2.19. The molecule has 0 aliphatic rings. The Morgan fingerprint density at radius 2 is 1.90 bits per heavy atom. The van der Waals surface area contributed by atoms with Gasteiger partial charge in [0.05, 0.1) is 11.6 Å². The molecule has 2 nitrogen and oxygen atoms in total. The Morgan fingerprint density at radius 1 is 1.10 bits per heavy atom. The van der Waals surface area contributed by atoms with E-state index >= 15 is 0 Å². The number of rotatable bonds is 3. The van der Waals surface area contributed by atoms with Gasteiger partial charge in [-0.2, -0.15) is 0 Å². The van der Waals surface area contributed by atoms with Gasteiger partial charge < -0.3 is 5.32 Å². The first-order valence-electron chi connectivity index (χ1n) is 6.97. The first-order chi connectivity index (χ1) is 10.2. The second-order valence-corrected chi connectivity index (χ2v) is 5.18. The molecule has 0 aliphatic carbocycles. The lowest BCUT2D eigenvalue weighted by atomic mass is 9.95. The van der Waals surface area contributed by atoms with Crippen molar-refractivity contribution in [3.8, 4) is 0 Å². The van der Waals surface area contributed by atoms with Crippen molar-refractivity contribution in [2.24, 2.45) is 0 Å². The Hall–Kier alpha value is -2.26. The van der Waals surface area contributed by atoms with E-state index in [2.05, 4.69) is 16.4 Å². The van der Waals surface area contributed by atoms with Crippen molar-refractivity contribution in [3.05, 3.63) is 77.2 Å². The minimum Gasteiger partial charge on any atom is -0.309 e. The maximum atomic E-state index is 13.6. The number of aromatic nitrogens is 1. The lowest BCUT2D eigenvalue weighted by Crippen LogP contribution is -2.19. The minimum absolute atomic E-state index is 0.0715. The molecule has 1 atom stereocenters. The van der Waals surface area contributed by atoms with Crippen LogP contribution < -0.4 is 5.32 Å². The molecule has 1 N–H and O–H groups in total. The Kier molecular flexibility index (Phi) is 3.67. The maximum Gasteiger partial charge on any atom is 0.123 e. The predicted molar refractivity (Wildman–Crippen MR) is 83.8 cm³/mol. The lowest BCUT2D eigenvalue weighted by molar-refractivity contribution is 0.615. The zero-order chi connectivity index (χ0) is 14.8. The van der Waals surface area contributed by atoms with Gasteiger partial charge in [-0.1, -0.05) is 24.3 Å². The highest BCUT2D eigenvalue weighted by Crippen LogP contribution is 2.26. The van der Waals surface area contributed by atoms with Crippen LogP contribution in [0, 0.1) is 12.7 Å². The van der Waals surface area contributed by atoms with Crippen molar-refractivity contribution in [2.45, 2.75) is 13.0 Å². The SMILES string of the molecule is CNC(c1cnc2ccccc2c1)c1cc(F)ccc1C. The molecule has 21 heavy (non-hydrogen) atoms. The largest absolute Gasteiger partial charge is 0.309 e. The zero-order valence-corrected chi connectivity index (χ0v) is 12.1. The van der Waals surface area contributed by atoms with Crippen molar-refractivity contribution in [1.82, 2.24) is 10.3 Å². The summed E-state index contributed by atoms with van der Waals surface area (Å²) in [7, 11) is 1.88. The van der Waals surface area contributed by atoms with Crippen LogP contribution in [0.15, 0.2) is 54.7 Å². The van der Waals surface area contributed by atoms with Gasteiger partial charge in [-0.05, 0) is 54.9 Å². The smallest absolute Gasteiger partial charge is 0.123 e. The highest BCUT2D eigenvalue weighted by atomic mass is 19.1. The van der Waals surface area contributed by atoms with Gasteiger partial charge >= 0.3 is 0 Å². The van der Waals surface area contributed by atoms with Crippen LogP contribution in [0.1, 0.15) is 22.7 Å². The van der Waals surface area contributed by atoms with Crippen LogP contribution in [0.3, 0.4) is 0 Å². The third-order valence-corrected chi connectivity index (χ3v) is 3.79. The Bertz CT molecular complexity index is 783. The molecule has 0 spiro atoms. The number of aryl methyl sites for hydroxylation is 1. The summed E-state index contributed by atoms with van der Waals surface area (Å²) in [5.74, 6) is -0.218. The second-order valence-electron chi connectivity index (χ2n) is 5.18. The van der Waals surface area contributed by atoms with Crippen LogP contribution in [0.4, 0.5) is 4.39 Å². The molecule has 3 rings (SSSR count). The Morgan fingerprint density at radius 3 is 2.71 bits per heavy atom. The number of para-hydroxylation sites is 1. The summed E-state index contributed by atoms with van der Waals surface area (Å²) >= 11 is 0. The van der Waals surface area contributed by atoms with Crippen molar-refractivity contribution >= 4 is 10.9 Å². The number of nitrogens with one attached hydrogen (secondary N) is 1. The van der Waals surface area contributed by atoms with Gasteiger partial charge in [-0.25, -0.2) is 4.39 Å². The summed E-state index contributed by atoms with van der Waals surface area (Å²) in [6.07, 6.45) is 1.86. The molecule has 3 heteroatoms. The Balaban J connectivity index is 2.11. The van der Waals surface area contributed by atoms with E-state index in [1.807, 2.05) is 50.5 Å². The third kappa shape index (κ3) is 2.65. The standard InChI is InChI=1S/C18H17FN2/c1-12-7-8-15(19)10-16(12)18(20-2)14-9-13-5-3-4-6-17(13)21-11-14/h3-11,18,20H,1-2H3. The maximum absolute atomic E-state index is 13.6. The second kappa shape index (κ2) is 5.62. The zero-order valence-electron chi connectivity index (χ0n) is 12.1. The number of nitrogens with zero attached hydrogens (tertiary/aromatic N) is 1. The van der Waals surface area contributed by atoms with Gasteiger partial charge in [0.1, 0.15) is 5.82 Å². The van der Waals surface area contributed by atoms with Crippen LogP contribution in [0.25, 0.3) is 10.9 Å². The molecule has 0 saturated heterocycles. The van der Waals surface area contributed by atoms with Crippen molar-refractivity contribution in [2.75, 3.05) is 7.05 Å². The molecule has 1 aromatic heterocycles. The number of fused-ring (bicyclic) bond motifs is 1. The van der Waals surface area contributed by atoms with Gasteiger partial charge in [0.15, 0.2) is 0 Å². The van der Waals surface area contributed by atoms with Crippen LogP contribution in [0.2, 0.25) is 0 Å². The number of pyridine rings is 1. The molecule has 1 unspecified atom stereocenters. The van der Waals surface area contributed by atoms with Crippen molar-refractivity contribution < 1.29 is 4.39 Å². The molecular formula is C18H17FN2. The fourth-order valence-corrected chi connectivity index (χ4v) is 2.67. The number of benzene rings is 2. The molecule has 0 amide bonds. The highest BCUT2D eigenvalue weighted by Gasteiger charge is 2.15. The molecule has 3 aromatic rings. The van der Waals surface area contributed by atoms with Gasteiger partial charge in [0.2, 0.25) is 0 Å². The highest BCUT2D eigenvalue weighted by molar-refractivity contribution is 5.79. The Labute approximate surface area is 123 Å². The minimum atomic E-state index is -0.218. The van der Waals surface area contributed by atoms with Crippen LogP contribution in [-0.4, -0.2) is 12.0 Å². The van der Waals surface area contributed by atoms with E-state index < -0.39 is 0 Å². The summed E-state index contributed by atoms with van der Waals surface area (Å²) in [4.78, 5) is 4.49. The molecule has 1 heterocycles. The number of hydrogen-bond acceptors (Lipinski definition) is 2. The normalized spacial score (nSPS) is 12.5. The average molecular weight is 280 g/mol. The number of hydrogen-bond donors (Lipinski definition) is 1. The molecule has 2 aromatic carbocycles. The van der Waals surface area contributed by atoms with E-state index in [1.54, 1.807) is 6.07 Å². The first kappa shape index (κ1) is 13.7. The van der Waals surface area contributed by atoms with Gasteiger partial charge in [0, 0.05) is 11.6 Å². The third-order valence-electron chi connectivity index (χ3n) is 3.79. The van der Waals surface area contributed by atoms with Gasteiger partial charge in [0.25, 0.3) is 0 Å². The summed E-state index contributed by atoms with van der Waals surface area (Å²) in [6, 6.07) is 14.9. The van der Waals surface area contributed by atoms with E-state index in [4.69, 9.17) is 0 Å². The summed E-state index contributed by atoms with van der Waals surface area (Å²) in [6.45, 7) is 1.99. The van der Waals surface area contributed by atoms with E-state index in [-0.39, 0.29) is 11.9 Å². The molecule has 0 saturated carbocycles. The van der Waals surface area contributed by atoms with Gasteiger partial charge in [-0.3, -0.25) is 4.98 Å². The summed E-state index contributed by atoms with van der Waals surface area (Å²) in [5, 5.41) is 4.35. The van der Waals surface area contributed by atoms with Crippen LogP contribution in [0.5, 0.6) is 0 Å². The van der Waals surface area contributed by atoms with Crippen molar-refractivity contribution in [1.29, 1.82) is 0 Å². The topological polar surface area (TPSA) is 24.9 Å². The van der Waals surface area contributed by atoms with Crippen LogP contribution >= 0.6 is 0 Å². The molecule has 106 valence electrons. The molecule has 0 fully saturated rings. The van der Waals surface area contributed by atoms with Gasteiger partial charge in [-0.15, -0.1) is 0 Å². The predicted octanol–water partition coefficient (Wildman–Crippen LogP) is 3.99. The average Bonchev–Trinajstić information content (AvgIpc) is 2.51. The fourth-order valence-electron chi connectivity index (χ4n) is 2.67. The first-order valence-corrected chi connectivity index (χ1v) is 6.97. The monoisotopic (exact) mass is 280 g/mol. The van der Waals surface area contributed by atoms with E-state index in [0.717, 1.165) is 27.6 Å². The molecule has 0 radical (unpaired) electrons.